The summed E-state index contributed by atoms with van der Waals surface area (Å²) in [6, 6.07) is 2.54. The highest BCUT2D eigenvalue weighted by atomic mass is 16.5. The average Bonchev–Trinajstić information content (AvgIpc) is 2.67. The van der Waals surface area contributed by atoms with Gasteiger partial charge in [-0.25, -0.2) is 0 Å². The first-order valence-corrected chi connectivity index (χ1v) is 11.2. The van der Waals surface area contributed by atoms with E-state index in [2.05, 4.69) is 19.9 Å². The molecule has 0 saturated heterocycles. The van der Waals surface area contributed by atoms with Crippen molar-refractivity contribution < 1.29 is 9.53 Å². The van der Waals surface area contributed by atoms with Gasteiger partial charge in [-0.2, -0.15) is 5.26 Å². The van der Waals surface area contributed by atoms with E-state index in [9.17, 15) is 10.1 Å². The lowest BCUT2D eigenvalue weighted by Gasteiger charge is -2.35. The van der Waals surface area contributed by atoms with Crippen molar-refractivity contribution in [1.82, 2.24) is 0 Å². The summed E-state index contributed by atoms with van der Waals surface area (Å²) in [6.07, 6.45) is 16.7. The van der Waals surface area contributed by atoms with Crippen LogP contribution in [0.15, 0.2) is 0 Å². The Kier molecular flexibility index (Phi) is 8.96. The molecule has 0 heterocycles. The number of hydrogen-bond donors (Lipinski definition) is 0. The molecule has 2 rings (SSSR count). The molecule has 0 aliphatic heterocycles. The second-order valence-electron chi connectivity index (χ2n) is 8.85. The lowest BCUT2D eigenvalue weighted by atomic mass is 9.71. The Morgan fingerprint density at radius 2 is 1.69 bits per heavy atom. The molecule has 0 N–H and O–H groups in total. The van der Waals surface area contributed by atoms with Gasteiger partial charge in [0.1, 0.15) is 6.10 Å². The number of ether oxygens (including phenoxy) is 1. The molecule has 148 valence electrons. The maximum atomic E-state index is 12.5. The van der Waals surface area contributed by atoms with Crippen molar-refractivity contribution in [3.63, 3.8) is 0 Å². The summed E-state index contributed by atoms with van der Waals surface area (Å²) in [5, 5.41) is 9.50. The predicted octanol–water partition coefficient (Wildman–Crippen LogP) is 6.56. The average molecular weight is 362 g/mol. The van der Waals surface area contributed by atoms with Gasteiger partial charge >= 0.3 is 5.97 Å². The quantitative estimate of drug-likeness (QED) is 0.345. The van der Waals surface area contributed by atoms with Gasteiger partial charge in [-0.3, -0.25) is 4.79 Å². The molecule has 0 unspecified atom stereocenters. The largest absolute Gasteiger partial charge is 0.462 e. The Morgan fingerprint density at radius 1 is 1.00 bits per heavy atom. The molecule has 2 saturated carbocycles. The second kappa shape index (κ2) is 11.0. The van der Waals surface area contributed by atoms with Crippen molar-refractivity contribution in [2.24, 2.45) is 17.3 Å². The normalized spacial score (nSPS) is 32.0. The van der Waals surface area contributed by atoms with Gasteiger partial charge < -0.3 is 4.74 Å². The fourth-order valence-corrected chi connectivity index (χ4v) is 4.97. The zero-order valence-electron chi connectivity index (χ0n) is 17.1. The molecule has 3 heteroatoms. The lowest BCUT2D eigenvalue weighted by molar-refractivity contribution is -0.158. The summed E-state index contributed by atoms with van der Waals surface area (Å²) in [4.78, 5) is 12.5. The van der Waals surface area contributed by atoms with Crippen molar-refractivity contribution in [1.29, 1.82) is 5.26 Å². The monoisotopic (exact) mass is 361 g/mol. The molecule has 0 aromatic heterocycles. The van der Waals surface area contributed by atoms with E-state index in [4.69, 9.17) is 4.74 Å². The first-order valence-electron chi connectivity index (χ1n) is 11.2. The van der Waals surface area contributed by atoms with Crippen molar-refractivity contribution in [3.05, 3.63) is 0 Å². The van der Waals surface area contributed by atoms with E-state index in [-0.39, 0.29) is 23.4 Å². The number of nitriles is 1. The molecule has 26 heavy (non-hydrogen) atoms. The molecule has 0 aromatic carbocycles. The molecule has 0 atom stereocenters. The molecular formula is C23H39NO2. The Labute approximate surface area is 160 Å². The number of nitrogens with zero attached hydrogens (tertiary/aromatic N) is 1. The molecule has 0 aromatic rings. The van der Waals surface area contributed by atoms with E-state index in [1.165, 1.54) is 44.9 Å². The topological polar surface area (TPSA) is 50.1 Å². The van der Waals surface area contributed by atoms with Crippen LogP contribution >= 0.6 is 0 Å². The summed E-state index contributed by atoms with van der Waals surface area (Å²) in [5.41, 5.74) is -0.159. The zero-order valence-corrected chi connectivity index (χ0v) is 17.1. The van der Waals surface area contributed by atoms with Crippen LogP contribution in [-0.2, 0) is 9.53 Å². The van der Waals surface area contributed by atoms with Crippen molar-refractivity contribution in [2.75, 3.05) is 0 Å². The van der Waals surface area contributed by atoms with Crippen molar-refractivity contribution in [2.45, 2.75) is 116 Å². The highest BCUT2D eigenvalue weighted by Crippen LogP contribution is 2.41. The van der Waals surface area contributed by atoms with E-state index in [0.717, 1.165) is 57.3 Å². The molecule has 2 aliphatic rings. The molecule has 2 fully saturated rings. The Morgan fingerprint density at radius 3 is 2.27 bits per heavy atom. The number of rotatable bonds is 9. The zero-order chi connectivity index (χ0) is 18.8. The molecule has 2 aliphatic carbocycles. The van der Waals surface area contributed by atoms with Crippen LogP contribution < -0.4 is 0 Å². The molecule has 0 radical (unpaired) electrons. The minimum Gasteiger partial charge on any atom is -0.462 e. The fraction of sp³-hybridized carbons (Fsp3) is 0.913. The number of esters is 1. The Bertz CT molecular complexity index is 451. The molecule has 0 bridgehead atoms. The van der Waals surface area contributed by atoms with Crippen LogP contribution in [0.2, 0.25) is 0 Å². The lowest BCUT2D eigenvalue weighted by Crippen LogP contribution is -2.33. The van der Waals surface area contributed by atoms with E-state index in [0.29, 0.717) is 0 Å². The maximum absolute atomic E-state index is 12.5. The number of carbonyl (C=O) groups excluding carboxylic acids is 1. The smallest absolute Gasteiger partial charge is 0.309 e. The van der Waals surface area contributed by atoms with E-state index < -0.39 is 0 Å². The van der Waals surface area contributed by atoms with Crippen LogP contribution in [-0.4, -0.2) is 12.1 Å². The maximum Gasteiger partial charge on any atom is 0.309 e. The summed E-state index contributed by atoms with van der Waals surface area (Å²) in [5.74, 6) is 0.996. The van der Waals surface area contributed by atoms with Crippen LogP contribution in [0.25, 0.3) is 0 Å². The first kappa shape index (κ1) is 21.3. The highest BCUT2D eigenvalue weighted by Gasteiger charge is 2.37. The summed E-state index contributed by atoms with van der Waals surface area (Å²) < 4.78 is 5.85. The van der Waals surface area contributed by atoms with E-state index in [1.54, 1.807) is 0 Å². The predicted molar refractivity (Wildman–Crippen MR) is 106 cm³/mol. The number of carbonyl (C=O) groups is 1. The summed E-state index contributed by atoms with van der Waals surface area (Å²) >= 11 is 0. The van der Waals surface area contributed by atoms with Gasteiger partial charge in [0.25, 0.3) is 0 Å². The fourth-order valence-electron chi connectivity index (χ4n) is 4.97. The van der Waals surface area contributed by atoms with Crippen LogP contribution in [0, 0.1) is 28.6 Å². The number of hydrogen-bond acceptors (Lipinski definition) is 3. The second-order valence-corrected chi connectivity index (χ2v) is 8.85. The van der Waals surface area contributed by atoms with Crippen LogP contribution in [0.3, 0.4) is 0 Å². The Balaban J connectivity index is 1.66. The third kappa shape index (κ3) is 6.29. The Hall–Kier alpha value is -1.04. The highest BCUT2D eigenvalue weighted by molar-refractivity contribution is 5.72. The van der Waals surface area contributed by atoms with Gasteiger partial charge in [-0.15, -0.1) is 0 Å². The van der Waals surface area contributed by atoms with Crippen LogP contribution in [0.5, 0.6) is 0 Å². The van der Waals surface area contributed by atoms with Crippen LogP contribution in [0.4, 0.5) is 0 Å². The van der Waals surface area contributed by atoms with E-state index >= 15 is 0 Å². The van der Waals surface area contributed by atoms with Gasteiger partial charge in [-0.1, -0.05) is 52.4 Å². The molecular weight excluding hydrogens is 322 g/mol. The molecule has 0 amide bonds. The third-order valence-corrected chi connectivity index (χ3v) is 6.78. The van der Waals surface area contributed by atoms with Gasteiger partial charge in [0.15, 0.2) is 0 Å². The van der Waals surface area contributed by atoms with E-state index in [1.807, 2.05) is 0 Å². The van der Waals surface area contributed by atoms with Gasteiger partial charge in [0.2, 0.25) is 0 Å². The standard InChI is InChI=1S/C23H39NO2/c1-3-5-6-7-8-19-9-11-20(12-10-19)22(25)26-21-13-16-23(18-24,15-4-2)17-14-21/h19-21H,3-17H2,1-2H3/t19-,20-,21-,23-. The number of unbranched alkanes of at least 4 members (excludes halogenated alkanes) is 3. The van der Waals surface area contributed by atoms with Gasteiger partial charge in [-0.05, 0) is 63.7 Å². The SMILES string of the molecule is CCCCCC[C@H]1CC[C@H](C(=O)O[C@H]2CC[C@@](C#N)(CCC)CC2)CC1. The minimum absolute atomic E-state index is 0.0411. The van der Waals surface area contributed by atoms with Gasteiger partial charge in [0, 0.05) is 0 Å². The van der Waals surface area contributed by atoms with Crippen molar-refractivity contribution >= 4 is 5.97 Å². The van der Waals surface area contributed by atoms with Gasteiger partial charge in [0.05, 0.1) is 17.4 Å². The van der Waals surface area contributed by atoms with Crippen molar-refractivity contribution in [3.8, 4) is 6.07 Å². The minimum atomic E-state index is -0.159. The summed E-state index contributed by atoms with van der Waals surface area (Å²) in [6.45, 7) is 4.40. The first-order chi connectivity index (χ1) is 12.6. The summed E-state index contributed by atoms with van der Waals surface area (Å²) in [7, 11) is 0. The molecule has 0 spiro atoms. The third-order valence-electron chi connectivity index (χ3n) is 6.78. The molecule has 3 nitrogen and oxygen atoms in total. The van der Waals surface area contributed by atoms with Crippen LogP contribution in [0.1, 0.15) is 110 Å².